The molecule has 0 bridgehead atoms. The summed E-state index contributed by atoms with van der Waals surface area (Å²) in [6.45, 7) is 0. The van der Waals surface area contributed by atoms with Gasteiger partial charge in [0.15, 0.2) is 0 Å². The van der Waals surface area contributed by atoms with Gasteiger partial charge in [-0.3, -0.25) is 0 Å². The Morgan fingerprint density at radius 1 is 1.53 bits per heavy atom. The van der Waals surface area contributed by atoms with Gasteiger partial charge in [0.05, 0.1) is 17.5 Å². The molecule has 0 aliphatic rings. The van der Waals surface area contributed by atoms with E-state index in [1.54, 1.807) is 0 Å². The lowest BCUT2D eigenvalue weighted by Crippen LogP contribution is -2.01. The van der Waals surface area contributed by atoms with Crippen LogP contribution in [0.5, 0.6) is 0 Å². The molecular weight excluding hydrogens is 325 g/mol. The Kier molecular flexibility index (Phi) is 2.83. The number of thiophene rings is 1. The zero-order valence-corrected chi connectivity index (χ0v) is 10.9. The number of ether oxygens (including phenoxy) is 1. The van der Waals surface area contributed by atoms with Crippen molar-refractivity contribution in [3.05, 3.63) is 26.6 Å². The third-order valence-corrected chi connectivity index (χ3v) is 4.58. The van der Waals surface area contributed by atoms with Crippen molar-refractivity contribution in [2.75, 3.05) is 12.8 Å². The molecule has 0 fully saturated rings. The van der Waals surface area contributed by atoms with Gasteiger partial charge in [0.2, 0.25) is 0 Å². The molecule has 2 N–H and O–H groups in total. The van der Waals surface area contributed by atoms with E-state index in [0.717, 1.165) is 13.7 Å². The minimum atomic E-state index is -0.371. The molecule has 0 saturated carbocycles. The lowest BCUT2D eigenvalue weighted by molar-refractivity contribution is 0.0607. The van der Waals surface area contributed by atoms with Crippen molar-refractivity contribution in [2.45, 2.75) is 0 Å². The summed E-state index contributed by atoms with van der Waals surface area (Å²) in [5.41, 5.74) is 6.40. The molecular formula is C10H8INO2S. The molecule has 0 atom stereocenters. The number of nitrogen functional groups attached to an aromatic ring is 1. The minimum absolute atomic E-state index is 0.371. The number of hydrogen-bond donors (Lipinski definition) is 1. The highest BCUT2D eigenvalue weighted by Gasteiger charge is 2.17. The molecule has 2 aromatic rings. The van der Waals surface area contributed by atoms with Crippen LogP contribution >= 0.6 is 33.9 Å². The highest BCUT2D eigenvalue weighted by molar-refractivity contribution is 14.1. The molecule has 0 spiro atoms. The zero-order valence-electron chi connectivity index (χ0n) is 7.91. The van der Waals surface area contributed by atoms with Gasteiger partial charge in [-0.05, 0) is 28.7 Å². The number of rotatable bonds is 1. The molecule has 3 nitrogen and oxygen atoms in total. The Balaban J connectivity index is 2.75. The molecule has 2 rings (SSSR count). The lowest BCUT2D eigenvalue weighted by atomic mass is 10.2. The number of halogens is 1. The van der Waals surface area contributed by atoms with Gasteiger partial charge in [-0.2, -0.15) is 0 Å². The summed E-state index contributed by atoms with van der Waals surface area (Å²) in [6.07, 6.45) is 0. The SMILES string of the molecule is COC(=O)c1sc2c(I)cccc2c1N. The number of hydrogen-bond acceptors (Lipinski definition) is 4. The Hall–Kier alpha value is -0.820. The fourth-order valence-electron chi connectivity index (χ4n) is 1.35. The number of fused-ring (bicyclic) bond motifs is 1. The van der Waals surface area contributed by atoms with Crippen LogP contribution in [0.3, 0.4) is 0 Å². The maximum absolute atomic E-state index is 11.4. The van der Waals surface area contributed by atoms with Crippen LogP contribution in [0.15, 0.2) is 18.2 Å². The summed E-state index contributed by atoms with van der Waals surface area (Å²) in [5, 5.41) is 0.923. The molecule has 0 aliphatic heterocycles. The largest absolute Gasteiger partial charge is 0.465 e. The first-order valence-electron chi connectivity index (χ1n) is 4.20. The minimum Gasteiger partial charge on any atom is -0.465 e. The summed E-state index contributed by atoms with van der Waals surface area (Å²) in [5.74, 6) is -0.371. The van der Waals surface area contributed by atoms with E-state index in [1.807, 2.05) is 18.2 Å². The first kappa shape index (κ1) is 10.7. The number of carbonyl (C=O) groups is 1. The van der Waals surface area contributed by atoms with Gasteiger partial charge in [-0.25, -0.2) is 4.79 Å². The van der Waals surface area contributed by atoms with E-state index in [-0.39, 0.29) is 5.97 Å². The molecule has 0 saturated heterocycles. The zero-order chi connectivity index (χ0) is 11.0. The Labute approximate surface area is 104 Å². The van der Waals surface area contributed by atoms with Gasteiger partial charge in [0.25, 0.3) is 0 Å². The number of benzene rings is 1. The van der Waals surface area contributed by atoms with Gasteiger partial charge >= 0.3 is 5.97 Å². The van der Waals surface area contributed by atoms with Gasteiger partial charge in [0.1, 0.15) is 4.88 Å². The Morgan fingerprint density at radius 2 is 2.27 bits per heavy atom. The number of anilines is 1. The highest BCUT2D eigenvalue weighted by Crippen LogP contribution is 2.36. The van der Waals surface area contributed by atoms with E-state index in [4.69, 9.17) is 5.73 Å². The molecule has 15 heavy (non-hydrogen) atoms. The van der Waals surface area contributed by atoms with Crippen LogP contribution in [0.25, 0.3) is 10.1 Å². The average Bonchev–Trinajstić information content (AvgIpc) is 2.57. The molecule has 0 aliphatic carbocycles. The first-order valence-corrected chi connectivity index (χ1v) is 6.09. The van der Waals surface area contributed by atoms with Gasteiger partial charge in [-0.1, -0.05) is 12.1 Å². The Morgan fingerprint density at radius 3 is 2.87 bits per heavy atom. The number of carbonyl (C=O) groups excluding carboxylic acids is 1. The molecule has 0 unspecified atom stereocenters. The van der Waals surface area contributed by atoms with E-state index in [9.17, 15) is 4.79 Å². The quantitative estimate of drug-likeness (QED) is 0.645. The fourth-order valence-corrected chi connectivity index (χ4v) is 3.22. The van der Waals surface area contributed by atoms with Gasteiger partial charge in [0, 0.05) is 8.96 Å². The van der Waals surface area contributed by atoms with Crippen LogP contribution in [-0.4, -0.2) is 13.1 Å². The maximum atomic E-state index is 11.4. The highest BCUT2D eigenvalue weighted by atomic mass is 127. The molecule has 5 heteroatoms. The number of esters is 1. The van der Waals surface area contributed by atoms with E-state index >= 15 is 0 Å². The van der Waals surface area contributed by atoms with Crippen molar-refractivity contribution >= 4 is 55.7 Å². The molecule has 0 radical (unpaired) electrons. The van der Waals surface area contributed by atoms with E-state index < -0.39 is 0 Å². The maximum Gasteiger partial charge on any atom is 0.350 e. The second-order valence-corrected chi connectivity index (χ2v) is 5.14. The summed E-state index contributed by atoms with van der Waals surface area (Å²) in [4.78, 5) is 11.9. The van der Waals surface area contributed by atoms with Crippen LogP contribution in [0, 0.1) is 3.57 Å². The fraction of sp³-hybridized carbons (Fsp3) is 0.100. The molecule has 1 heterocycles. The van der Waals surface area contributed by atoms with Crippen LogP contribution < -0.4 is 5.73 Å². The number of nitrogens with two attached hydrogens (primary N) is 1. The van der Waals surface area contributed by atoms with Crippen molar-refractivity contribution in [2.24, 2.45) is 0 Å². The molecule has 1 aromatic carbocycles. The third-order valence-electron chi connectivity index (χ3n) is 2.08. The standard InChI is InChI=1S/C10H8INO2S/c1-14-10(13)9-7(12)5-3-2-4-6(11)8(5)15-9/h2-4H,12H2,1H3. The second-order valence-electron chi connectivity index (χ2n) is 2.95. The second kappa shape index (κ2) is 3.97. The topological polar surface area (TPSA) is 52.3 Å². The van der Waals surface area contributed by atoms with Crippen molar-refractivity contribution in [3.63, 3.8) is 0 Å². The van der Waals surface area contributed by atoms with Gasteiger partial charge < -0.3 is 10.5 Å². The van der Waals surface area contributed by atoms with Crippen LogP contribution in [-0.2, 0) is 4.74 Å². The van der Waals surface area contributed by atoms with Crippen molar-refractivity contribution < 1.29 is 9.53 Å². The lowest BCUT2D eigenvalue weighted by Gasteiger charge is -1.95. The Bertz CT molecular complexity index is 535. The summed E-state index contributed by atoms with van der Waals surface area (Å²) in [6, 6.07) is 5.82. The van der Waals surface area contributed by atoms with Crippen molar-refractivity contribution in [1.29, 1.82) is 0 Å². The summed E-state index contributed by atoms with van der Waals surface area (Å²) >= 11 is 3.60. The predicted octanol–water partition coefficient (Wildman–Crippen LogP) is 2.87. The van der Waals surface area contributed by atoms with Crippen LogP contribution in [0.1, 0.15) is 9.67 Å². The number of methoxy groups -OCH3 is 1. The predicted molar refractivity (Wildman–Crippen MR) is 70.3 cm³/mol. The van der Waals surface area contributed by atoms with E-state index in [1.165, 1.54) is 18.4 Å². The van der Waals surface area contributed by atoms with Crippen LogP contribution in [0.2, 0.25) is 0 Å². The third kappa shape index (κ3) is 1.69. The smallest absolute Gasteiger partial charge is 0.350 e. The summed E-state index contributed by atoms with van der Waals surface area (Å²) < 4.78 is 6.81. The van der Waals surface area contributed by atoms with Crippen molar-refractivity contribution in [3.8, 4) is 0 Å². The van der Waals surface area contributed by atoms with E-state index in [0.29, 0.717) is 10.6 Å². The molecule has 78 valence electrons. The van der Waals surface area contributed by atoms with E-state index in [2.05, 4.69) is 27.3 Å². The molecule has 1 aromatic heterocycles. The average molecular weight is 333 g/mol. The monoisotopic (exact) mass is 333 g/mol. The van der Waals surface area contributed by atoms with Crippen molar-refractivity contribution in [1.82, 2.24) is 0 Å². The normalized spacial score (nSPS) is 10.5. The van der Waals surface area contributed by atoms with Crippen LogP contribution in [0.4, 0.5) is 5.69 Å². The van der Waals surface area contributed by atoms with Gasteiger partial charge in [-0.15, -0.1) is 11.3 Å². The first-order chi connectivity index (χ1) is 7.15. The summed E-state index contributed by atoms with van der Waals surface area (Å²) in [7, 11) is 1.36. The molecule has 0 amide bonds.